The van der Waals surface area contributed by atoms with Gasteiger partial charge in [-0.25, -0.2) is 4.98 Å². The molecule has 2 atom stereocenters. The zero-order chi connectivity index (χ0) is 14.7. The first kappa shape index (κ1) is 15.1. The summed E-state index contributed by atoms with van der Waals surface area (Å²) in [6.07, 6.45) is 16.2. The molecule has 2 saturated carbocycles. The van der Waals surface area contributed by atoms with Crippen molar-refractivity contribution in [1.82, 2.24) is 9.55 Å². The lowest BCUT2D eigenvalue weighted by atomic mass is 9.65. The molecule has 2 unspecified atom stereocenters. The number of aromatic nitrogens is 2. The Labute approximate surface area is 128 Å². The number of imidazole rings is 1. The van der Waals surface area contributed by atoms with Gasteiger partial charge in [-0.3, -0.25) is 0 Å². The summed E-state index contributed by atoms with van der Waals surface area (Å²) in [5, 5.41) is 11.6. The molecule has 1 aromatic heterocycles. The number of aliphatic hydroxyl groups is 1. The molecule has 0 aromatic carbocycles. The van der Waals surface area contributed by atoms with Crippen molar-refractivity contribution in [3.63, 3.8) is 0 Å². The van der Waals surface area contributed by atoms with E-state index in [0.29, 0.717) is 11.8 Å². The van der Waals surface area contributed by atoms with Gasteiger partial charge in [-0.2, -0.15) is 0 Å². The van der Waals surface area contributed by atoms with Gasteiger partial charge in [-0.15, -0.1) is 0 Å². The summed E-state index contributed by atoms with van der Waals surface area (Å²) in [4.78, 5) is 4.59. The molecule has 2 aliphatic carbocycles. The Hall–Kier alpha value is -0.830. The highest BCUT2D eigenvalue weighted by molar-refractivity contribution is 5.10. The van der Waals surface area contributed by atoms with Crippen LogP contribution in [0, 0.1) is 11.8 Å². The van der Waals surface area contributed by atoms with E-state index in [1.807, 2.05) is 12.4 Å². The third kappa shape index (κ3) is 2.90. The smallest absolute Gasteiger partial charge is 0.141 e. The van der Waals surface area contributed by atoms with E-state index in [0.717, 1.165) is 31.6 Å². The number of nitrogens with zero attached hydrogens (tertiary/aromatic N) is 2. The Kier molecular flexibility index (Phi) is 4.68. The number of rotatable bonds is 4. The van der Waals surface area contributed by atoms with Gasteiger partial charge in [0.2, 0.25) is 0 Å². The molecule has 0 bridgehead atoms. The van der Waals surface area contributed by atoms with Crippen LogP contribution in [-0.4, -0.2) is 14.7 Å². The maximum atomic E-state index is 11.6. The number of aryl methyl sites for hydroxylation is 1. The third-order valence-electron chi connectivity index (χ3n) is 5.72. The fraction of sp³-hybridized carbons (Fsp3) is 0.833. The van der Waals surface area contributed by atoms with E-state index in [4.69, 9.17) is 0 Å². The molecule has 3 heteroatoms. The number of hydrogen-bond acceptors (Lipinski definition) is 2. The number of hydrogen-bond donors (Lipinski definition) is 1. The lowest BCUT2D eigenvalue weighted by Crippen LogP contribution is -2.44. The first-order chi connectivity index (χ1) is 10.3. The zero-order valence-electron chi connectivity index (χ0n) is 13.4. The van der Waals surface area contributed by atoms with E-state index in [9.17, 15) is 5.11 Å². The van der Waals surface area contributed by atoms with Crippen molar-refractivity contribution < 1.29 is 5.11 Å². The van der Waals surface area contributed by atoms with Crippen LogP contribution in [0.1, 0.15) is 77.0 Å². The van der Waals surface area contributed by atoms with Crippen molar-refractivity contribution in [3.05, 3.63) is 18.2 Å². The maximum Gasteiger partial charge on any atom is 0.141 e. The van der Waals surface area contributed by atoms with Gasteiger partial charge in [0.1, 0.15) is 11.4 Å². The van der Waals surface area contributed by atoms with Gasteiger partial charge in [-0.05, 0) is 31.1 Å². The van der Waals surface area contributed by atoms with Crippen LogP contribution in [0.3, 0.4) is 0 Å². The summed E-state index contributed by atoms with van der Waals surface area (Å²) < 4.78 is 2.20. The van der Waals surface area contributed by atoms with Crippen LogP contribution in [0.25, 0.3) is 0 Å². The summed E-state index contributed by atoms with van der Waals surface area (Å²) in [5.74, 6) is 2.07. The molecule has 3 nitrogen and oxygen atoms in total. The lowest BCUT2D eigenvalue weighted by Gasteiger charge is -2.44. The fourth-order valence-electron chi connectivity index (χ4n) is 4.73. The Balaban J connectivity index is 1.88. The van der Waals surface area contributed by atoms with Crippen molar-refractivity contribution >= 4 is 0 Å². The lowest BCUT2D eigenvalue weighted by molar-refractivity contribution is -0.0920. The first-order valence-corrected chi connectivity index (χ1v) is 8.99. The molecule has 21 heavy (non-hydrogen) atoms. The van der Waals surface area contributed by atoms with Gasteiger partial charge < -0.3 is 9.67 Å². The highest BCUT2D eigenvalue weighted by Crippen LogP contribution is 2.48. The highest BCUT2D eigenvalue weighted by atomic mass is 16.3. The molecule has 0 radical (unpaired) electrons. The normalized spacial score (nSPS) is 31.4. The van der Waals surface area contributed by atoms with Crippen molar-refractivity contribution in [1.29, 1.82) is 0 Å². The van der Waals surface area contributed by atoms with Crippen molar-refractivity contribution in [2.24, 2.45) is 11.8 Å². The molecule has 1 heterocycles. The minimum Gasteiger partial charge on any atom is -0.382 e. The summed E-state index contributed by atoms with van der Waals surface area (Å²) in [5.41, 5.74) is -0.682. The van der Waals surface area contributed by atoms with Crippen LogP contribution in [0.15, 0.2) is 12.4 Å². The van der Waals surface area contributed by atoms with Crippen LogP contribution < -0.4 is 0 Å². The minimum absolute atomic E-state index is 0.421. The van der Waals surface area contributed by atoms with Gasteiger partial charge in [0, 0.05) is 18.9 Å². The van der Waals surface area contributed by atoms with E-state index in [1.54, 1.807) is 0 Å². The van der Waals surface area contributed by atoms with Crippen molar-refractivity contribution in [2.75, 3.05) is 0 Å². The summed E-state index contributed by atoms with van der Waals surface area (Å²) in [7, 11) is 0. The molecule has 1 aromatic rings. The summed E-state index contributed by atoms with van der Waals surface area (Å²) in [6, 6.07) is 0. The van der Waals surface area contributed by atoms with E-state index in [2.05, 4.69) is 16.5 Å². The van der Waals surface area contributed by atoms with Crippen molar-refractivity contribution in [2.45, 2.75) is 83.3 Å². The van der Waals surface area contributed by atoms with Gasteiger partial charge in [0.15, 0.2) is 0 Å². The molecule has 118 valence electrons. The van der Waals surface area contributed by atoms with E-state index < -0.39 is 5.60 Å². The third-order valence-corrected chi connectivity index (χ3v) is 5.72. The van der Waals surface area contributed by atoms with Crippen LogP contribution in [-0.2, 0) is 12.1 Å². The SMILES string of the molecule is CCCn1ccnc1C1(O)CCCCC1C1CCCCC1. The molecule has 2 aliphatic rings. The first-order valence-electron chi connectivity index (χ1n) is 8.99. The molecular formula is C18H30N2O. The molecule has 1 N–H and O–H groups in total. The molecular weight excluding hydrogens is 260 g/mol. The molecule has 2 fully saturated rings. The highest BCUT2D eigenvalue weighted by Gasteiger charge is 2.46. The Morgan fingerprint density at radius 1 is 1.19 bits per heavy atom. The summed E-state index contributed by atoms with van der Waals surface area (Å²) >= 11 is 0. The fourth-order valence-corrected chi connectivity index (χ4v) is 4.73. The van der Waals surface area contributed by atoms with E-state index in [-0.39, 0.29) is 0 Å². The van der Waals surface area contributed by atoms with Crippen molar-refractivity contribution in [3.8, 4) is 0 Å². The monoisotopic (exact) mass is 290 g/mol. The predicted octanol–water partition coefficient (Wildman–Crippen LogP) is 4.25. The van der Waals surface area contributed by atoms with Crippen LogP contribution >= 0.6 is 0 Å². The van der Waals surface area contributed by atoms with Crippen LogP contribution in [0.5, 0.6) is 0 Å². The van der Waals surface area contributed by atoms with E-state index in [1.165, 1.54) is 44.9 Å². The maximum absolute atomic E-state index is 11.6. The molecule has 0 aliphatic heterocycles. The standard InChI is InChI=1S/C18H30N2O/c1-2-13-20-14-12-19-17(20)18(21)11-7-6-10-16(18)15-8-4-3-5-9-15/h12,14-16,21H,2-11,13H2,1H3. The summed E-state index contributed by atoms with van der Waals surface area (Å²) in [6.45, 7) is 3.16. The Bertz CT molecular complexity index is 450. The second-order valence-electron chi connectivity index (χ2n) is 7.12. The average molecular weight is 290 g/mol. The van der Waals surface area contributed by atoms with Crippen LogP contribution in [0.2, 0.25) is 0 Å². The molecule has 0 saturated heterocycles. The van der Waals surface area contributed by atoms with Gasteiger partial charge in [0.25, 0.3) is 0 Å². The molecule has 0 amide bonds. The second kappa shape index (κ2) is 6.51. The Morgan fingerprint density at radius 3 is 2.71 bits per heavy atom. The zero-order valence-corrected chi connectivity index (χ0v) is 13.4. The molecule has 0 spiro atoms. The van der Waals surface area contributed by atoms with Gasteiger partial charge >= 0.3 is 0 Å². The quantitative estimate of drug-likeness (QED) is 0.900. The predicted molar refractivity (Wildman–Crippen MR) is 84.9 cm³/mol. The molecule has 3 rings (SSSR count). The van der Waals surface area contributed by atoms with Crippen LogP contribution in [0.4, 0.5) is 0 Å². The minimum atomic E-state index is -0.682. The van der Waals surface area contributed by atoms with E-state index >= 15 is 0 Å². The topological polar surface area (TPSA) is 38.0 Å². The largest absolute Gasteiger partial charge is 0.382 e. The van der Waals surface area contributed by atoms with Gasteiger partial charge in [0.05, 0.1) is 0 Å². The Morgan fingerprint density at radius 2 is 1.95 bits per heavy atom. The second-order valence-corrected chi connectivity index (χ2v) is 7.12. The average Bonchev–Trinajstić information content (AvgIpc) is 2.98. The van der Waals surface area contributed by atoms with Gasteiger partial charge in [-0.1, -0.05) is 51.9 Å².